The van der Waals surface area contributed by atoms with Crippen molar-refractivity contribution < 1.29 is 19.1 Å². The van der Waals surface area contributed by atoms with Gasteiger partial charge in [-0.25, -0.2) is 9.78 Å². The van der Waals surface area contributed by atoms with Crippen LogP contribution in [-0.2, 0) is 9.53 Å². The number of aromatic nitrogens is 1. The highest BCUT2D eigenvalue weighted by molar-refractivity contribution is 5.94. The number of anilines is 2. The Balaban J connectivity index is 1.70. The number of carbonyl (C=O) groups is 2. The molecule has 0 radical (unpaired) electrons. The molecule has 1 aliphatic heterocycles. The third-order valence-corrected chi connectivity index (χ3v) is 4.47. The zero-order valence-corrected chi connectivity index (χ0v) is 15.0. The van der Waals surface area contributed by atoms with Crippen LogP contribution in [0.1, 0.15) is 28.3 Å². The summed E-state index contributed by atoms with van der Waals surface area (Å²) < 4.78 is 9.87. The number of likely N-dealkylation sites (N-methyl/N-ethyl adjacent to an activating group) is 1. The zero-order chi connectivity index (χ0) is 18.7. The molecule has 2 heterocycles. The van der Waals surface area contributed by atoms with E-state index in [2.05, 4.69) is 32.1 Å². The van der Waals surface area contributed by atoms with Crippen molar-refractivity contribution >= 4 is 23.4 Å². The minimum atomic E-state index is -0.544. The lowest BCUT2D eigenvalue weighted by atomic mass is 9.97. The van der Waals surface area contributed by atoms with Crippen molar-refractivity contribution in [2.45, 2.75) is 12.3 Å². The van der Waals surface area contributed by atoms with Gasteiger partial charge >= 0.3 is 5.97 Å². The Bertz CT molecular complexity index is 837. The van der Waals surface area contributed by atoms with Gasteiger partial charge in [-0.05, 0) is 11.6 Å². The van der Waals surface area contributed by atoms with Crippen molar-refractivity contribution in [3.63, 3.8) is 0 Å². The highest BCUT2D eigenvalue weighted by atomic mass is 16.5. The van der Waals surface area contributed by atoms with Crippen molar-refractivity contribution in [2.75, 3.05) is 38.0 Å². The summed E-state index contributed by atoms with van der Waals surface area (Å²) in [5.41, 5.74) is 2.54. The number of nitrogens with zero attached hydrogens (tertiary/aromatic N) is 2. The molecule has 0 saturated heterocycles. The summed E-state index contributed by atoms with van der Waals surface area (Å²) in [7, 11) is 4.75. The Kier molecular flexibility index (Phi) is 5.06. The number of fused-ring (bicyclic) bond motifs is 1. The van der Waals surface area contributed by atoms with Crippen LogP contribution in [-0.4, -0.2) is 44.7 Å². The van der Waals surface area contributed by atoms with Gasteiger partial charge in [-0.2, -0.15) is 0 Å². The van der Waals surface area contributed by atoms with Gasteiger partial charge < -0.3 is 19.7 Å². The molecule has 7 heteroatoms. The molecule has 0 saturated carbocycles. The normalized spacial score (nSPS) is 15.3. The van der Waals surface area contributed by atoms with E-state index < -0.39 is 5.97 Å². The number of esters is 1. The van der Waals surface area contributed by atoms with Crippen molar-refractivity contribution in [2.24, 2.45) is 0 Å². The van der Waals surface area contributed by atoms with Crippen molar-refractivity contribution in [3.05, 3.63) is 47.7 Å². The number of ether oxygens (including phenoxy) is 2. The van der Waals surface area contributed by atoms with Crippen LogP contribution < -0.4 is 15.0 Å². The lowest BCUT2D eigenvalue weighted by molar-refractivity contribution is -0.116. The van der Waals surface area contributed by atoms with E-state index in [0.29, 0.717) is 18.0 Å². The molecule has 1 unspecified atom stereocenters. The molecule has 1 atom stereocenters. The predicted molar refractivity (Wildman–Crippen MR) is 97.8 cm³/mol. The highest BCUT2D eigenvalue weighted by Crippen LogP contribution is 2.37. The van der Waals surface area contributed by atoms with Gasteiger partial charge in [0.15, 0.2) is 0 Å². The van der Waals surface area contributed by atoms with Crippen LogP contribution in [0.5, 0.6) is 5.75 Å². The van der Waals surface area contributed by atoms with Gasteiger partial charge in [0.25, 0.3) is 0 Å². The standard InChI is InChI=1S/C19H21N3O4/c1-22-11-12(13-6-4-5-7-15(13)22)8-18(23)21-17-9-16(25-2)14(10-20-17)19(24)26-3/h4-7,9-10,12H,8,11H2,1-3H3,(H,20,21,23). The Morgan fingerprint density at radius 3 is 2.81 bits per heavy atom. The van der Waals surface area contributed by atoms with Crippen LogP contribution in [0.15, 0.2) is 36.5 Å². The summed E-state index contributed by atoms with van der Waals surface area (Å²) in [6, 6.07) is 9.62. The SMILES string of the molecule is COC(=O)c1cnc(NC(=O)CC2CN(C)c3ccccc32)cc1OC. The summed E-state index contributed by atoms with van der Waals surface area (Å²) in [4.78, 5) is 30.4. The molecule has 7 nitrogen and oxygen atoms in total. The third kappa shape index (κ3) is 3.46. The molecule has 1 aromatic heterocycles. The minimum absolute atomic E-state index is 0.132. The Labute approximate surface area is 151 Å². The van der Waals surface area contributed by atoms with Crippen molar-refractivity contribution in [3.8, 4) is 5.75 Å². The summed E-state index contributed by atoms with van der Waals surface area (Å²) in [5.74, 6) is 0.0815. The second-order valence-electron chi connectivity index (χ2n) is 6.15. The Morgan fingerprint density at radius 1 is 1.31 bits per heavy atom. The minimum Gasteiger partial charge on any atom is -0.496 e. The summed E-state index contributed by atoms with van der Waals surface area (Å²) >= 11 is 0. The van der Waals surface area contributed by atoms with E-state index in [1.54, 1.807) is 0 Å². The molecule has 26 heavy (non-hydrogen) atoms. The van der Waals surface area contributed by atoms with E-state index in [1.165, 1.54) is 32.0 Å². The van der Waals surface area contributed by atoms with E-state index >= 15 is 0 Å². The molecule has 1 amide bonds. The van der Waals surface area contributed by atoms with Gasteiger partial charge in [0.1, 0.15) is 17.1 Å². The van der Waals surface area contributed by atoms with E-state index in [4.69, 9.17) is 4.74 Å². The molecule has 0 aliphatic carbocycles. The number of carbonyl (C=O) groups excluding carboxylic acids is 2. The second kappa shape index (κ2) is 7.43. The number of rotatable bonds is 5. The molecule has 1 aromatic carbocycles. The first-order chi connectivity index (χ1) is 12.5. The lowest BCUT2D eigenvalue weighted by Crippen LogP contribution is -2.20. The number of para-hydroxylation sites is 1. The van der Waals surface area contributed by atoms with Gasteiger partial charge in [0.05, 0.1) is 14.2 Å². The summed E-state index contributed by atoms with van der Waals surface area (Å²) in [6.07, 6.45) is 1.68. The summed E-state index contributed by atoms with van der Waals surface area (Å²) in [5, 5.41) is 2.77. The number of amides is 1. The average molecular weight is 355 g/mol. The van der Waals surface area contributed by atoms with Crippen LogP contribution in [0.25, 0.3) is 0 Å². The van der Waals surface area contributed by atoms with Gasteiger partial charge in [-0.15, -0.1) is 0 Å². The molecule has 0 fully saturated rings. The van der Waals surface area contributed by atoms with Crippen LogP contribution in [0, 0.1) is 0 Å². The van der Waals surface area contributed by atoms with Gasteiger partial charge in [-0.1, -0.05) is 18.2 Å². The molecule has 0 bridgehead atoms. The zero-order valence-electron chi connectivity index (χ0n) is 15.0. The fourth-order valence-corrected chi connectivity index (χ4v) is 3.24. The maximum absolute atomic E-state index is 12.5. The van der Waals surface area contributed by atoms with E-state index in [0.717, 1.165) is 12.2 Å². The van der Waals surface area contributed by atoms with Gasteiger partial charge in [-0.3, -0.25) is 4.79 Å². The molecule has 0 spiro atoms. The largest absolute Gasteiger partial charge is 0.496 e. The van der Waals surface area contributed by atoms with E-state index in [1.807, 2.05) is 19.2 Å². The van der Waals surface area contributed by atoms with Crippen LogP contribution in [0.2, 0.25) is 0 Å². The molecule has 136 valence electrons. The van der Waals surface area contributed by atoms with Crippen molar-refractivity contribution in [1.29, 1.82) is 0 Å². The van der Waals surface area contributed by atoms with Crippen LogP contribution in [0.3, 0.4) is 0 Å². The highest BCUT2D eigenvalue weighted by Gasteiger charge is 2.28. The van der Waals surface area contributed by atoms with Crippen LogP contribution >= 0.6 is 0 Å². The topological polar surface area (TPSA) is 80.8 Å². The number of hydrogen-bond donors (Lipinski definition) is 1. The maximum atomic E-state index is 12.5. The number of benzene rings is 1. The number of methoxy groups -OCH3 is 2. The van der Waals surface area contributed by atoms with Gasteiger partial charge in [0.2, 0.25) is 5.91 Å². The quantitative estimate of drug-likeness (QED) is 0.830. The first-order valence-corrected chi connectivity index (χ1v) is 8.25. The smallest absolute Gasteiger partial charge is 0.343 e. The molecule has 3 rings (SSSR count). The number of pyridine rings is 1. The Hall–Kier alpha value is -3.09. The molecular weight excluding hydrogens is 334 g/mol. The molecule has 2 aromatic rings. The first kappa shape index (κ1) is 17.7. The summed E-state index contributed by atoms with van der Waals surface area (Å²) in [6.45, 7) is 0.796. The number of nitrogens with one attached hydrogen (secondary N) is 1. The average Bonchev–Trinajstić information content (AvgIpc) is 2.96. The first-order valence-electron chi connectivity index (χ1n) is 8.25. The lowest BCUT2D eigenvalue weighted by Gasteiger charge is -2.13. The van der Waals surface area contributed by atoms with Crippen molar-refractivity contribution in [1.82, 2.24) is 4.98 Å². The van der Waals surface area contributed by atoms with Gasteiger partial charge in [0, 0.05) is 43.9 Å². The molecular formula is C19H21N3O4. The number of hydrogen-bond acceptors (Lipinski definition) is 6. The third-order valence-electron chi connectivity index (χ3n) is 4.47. The van der Waals surface area contributed by atoms with E-state index in [-0.39, 0.29) is 17.4 Å². The predicted octanol–water partition coefficient (Wildman–Crippen LogP) is 2.44. The monoisotopic (exact) mass is 355 g/mol. The Morgan fingerprint density at radius 2 is 2.08 bits per heavy atom. The second-order valence-corrected chi connectivity index (χ2v) is 6.15. The fourth-order valence-electron chi connectivity index (χ4n) is 3.24. The fraction of sp³-hybridized carbons (Fsp3) is 0.316. The maximum Gasteiger partial charge on any atom is 0.343 e. The molecule has 1 aliphatic rings. The van der Waals surface area contributed by atoms with Crippen LogP contribution in [0.4, 0.5) is 11.5 Å². The molecule has 1 N–H and O–H groups in total. The van der Waals surface area contributed by atoms with E-state index in [9.17, 15) is 9.59 Å².